The Balaban J connectivity index is 2.24. The Morgan fingerprint density at radius 2 is 2.29 bits per heavy atom. The Bertz CT molecular complexity index is 316. The fraction of sp³-hybridized carbons (Fsp3) is 0.500. The van der Waals surface area contributed by atoms with Crippen molar-refractivity contribution < 1.29 is 4.39 Å². The van der Waals surface area contributed by atoms with Crippen molar-refractivity contribution in [3.63, 3.8) is 0 Å². The summed E-state index contributed by atoms with van der Waals surface area (Å²) in [6.45, 7) is 4.00. The van der Waals surface area contributed by atoms with Crippen LogP contribution in [0.2, 0.25) is 0 Å². The highest BCUT2D eigenvalue weighted by Gasteiger charge is 2.18. The van der Waals surface area contributed by atoms with Gasteiger partial charge in [-0.15, -0.1) is 0 Å². The van der Waals surface area contributed by atoms with E-state index in [1.807, 2.05) is 19.1 Å². The average Bonchev–Trinajstić information content (AvgIpc) is 2.23. The van der Waals surface area contributed by atoms with Crippen molar-refractivity contribution in [2.75, 3.05) is 13.1 Å². The molecule has 1 aliphatic rings. The molecule has 14 heavy (non-hydrogen) atoms. The molecule has 2 heteroatoms. The second-order valence-electron chi connectivity index (χ2n) is 4.07. The third-order valence-corrected chi connectivity index (χ3v) is 2.89. The number of piperidine rings is 1. The van der Waals surface area contributed by atoms with Crippen LogP contribution in [0.5, 0.6) is 0 Å². The molecule has 1 fully saturated rings. The molecule has 1 aromatic rings. The van der Waals surface area contributed by atoms with E-state index in [0.29, 0.717) is 5.92 Å². The van der Waals surface area contributed by atoms with Crippen LogP contribution >= 0.6 is 0 Å². The summed E-state index contributed by atoms with van der Waals surface area (Å²) in [6, 6.07) is 5.39. The Labute approximate surface area is 84.3 Å². The van der Waals surface area contributed by atoms with Crippen LogP contribution in [-0.2, 0) is 0 Å². The van der Waals surface area contributed by atoms with Crippen molar-refractivity contribution in [2.24, 2.45) is 0 Å². The predicted molar refractivity (Wildman–Crippen MR) is 56.0 cm³/mol. The van der Waals surface area contributed by atoms with Crippen LogP contribution in [0.3, 0.4) is 0 Å². The Morgan fingerprint density at radius 1 is 1.43 bits per heavy atom. The number of benzene rings is 1. The summed E-state index contributed by atoms with van der Waals surface area (Å²) in [5.41, 5.74) is 2.03. The van der Waals surface area contributed by atoms with E-state index >= 15 is 0 Å². The summed E-state index contributed by atoms with van der Waals surface area (Å²) in [6.07, 6.45) is 2.26. The smallest absolute Gasteiger partial charge is 0.126 e. The van der Waals surface area contributed by atoms with E-state index in [1.165, 1.54) is 0 Å². The molecule has 0 aliphatic carbocycles. The van der Waals surface area contributed by atoms with Gasteiger partial charge in [0.2, 0.25) is 0 Å². The third-order valence-electron chi connectivity index (χ3n) is 2.89. The second kappa shape index (κ2) is 4.09. The van der Waals surface area contributed by atoms with E-state index in [4.69, 9.17) is 0 Å². The van der Waals surface area contributed by atoms with Gasteiger partial charge in [-0.2, -0.15) is 0 Å². The lowest BCUT2D eigenvalue weighted by Crippen LogP contribution is -2.28. The maximum absolute atomic E-state index is 13.5. The lowest BCUT2D eigenvalue weighted by atomic mass is 9.90. The van der Waals surface area contributed by atoms with Crippen LogP contribution in [-0.4, -0.2) is 13.1 Å². The molecule has 0 unspecified atom stereocenters. The molecule has 0 aromatic heterocycles. The van der Waals surface area contributed by atoms with Gasteiger partial charge in [-0.05, 0) is 43.9 Å². The van der Waals surface area contributed by atoms with Gasteiger partial charge in [0.25, 0.3) is 0 Å². The van der Waals surface area contributed by atoms with E-state index < -0.39 is 0 Å². The van der Waals surface area contributed by atoms with Crippen LogP contribution in [0.25, 0.3) is 0 Å². The van der Waals surface area contributed by atoms with Crippen LogP contribution in [0, 0.1) is 12.7 Å². The van der Waals surface area contributed by atoms with Crippen molar-refractivity contribution in [3.8, 4) is 0 Å². The van der Waals surface area contributed by atoms with E-state index in [2.05, 4.69) is 5.32 Å². The van der Waals surface area contributed by atoms with Crippen molar-refractivity contribution in [1.29, 1.82) is 0 Å². The Kier molecular flexibility index (Phi) is 2.82. The highest BCUT2D eigenvalue weighted by atomic mass is 19.1. The number of rotatable bonds is 1. The Hall–Kier alpha value is -0.890. The molecule has 1 aromatic carbocycles. The van der Waals surface area contributed by atoms with Crippen molar-refractivity contribution in [2.45, 2.75) is 25.7 Å². The first-order valence-electron chi connectivity index (χ1n) is 5.24. The molecule has 1 atom stereocenters. The fourth-order valence-corrected chi connectivity index (χ4v) is 2.09. The first-order chi connectivity index (χ1) is 6.77. The summed E-state index contributed by atoms with van der Waals surface area (Å²) in [4.78, 5) is 0. The van der Waals surface area contributed by atoms with Crippen LogP contribution in [0.4, 0.5) is 4.39 Å². The molecule has 1 saturated heterocycles. The summed E-state index contributed by atoms with van der Waals surface area (Å²) in [7, 11) is 0. The molecule has 0 bridgehead atoms. The normalized spacial score (nSPS) is 22.3. The first kappa shape index (κ1) is 9.66. The third kappa shape index (κ3) is 1.95. The van der Waals surface area contributed by atoms with Gasteiger partial charge in [0.15, 0.2) is 0 Å². The second-order valence-corrected chi connectivity index (χ2v) is 4.07. The van der Waals surface area contributed by atoms with Gasteiger partial charge in [-0.1, -0.05) is 17.7 Å². The Morgan fingerprint density at radius 3 is 3.00 bits per heavy atom. The van der Waals surface area contributed by atoms with Crippen molar-refractivity contribution in [3.05, 3.63) is 35.1 Å². The molecule has 0 radical (unpaired) electrons. The van der Waals surface area contributed by atoms with Crippen molar-refractivity contribution >= 4 is 0 Å². The van der Waals surface area contributed by atoms with Gasteiger partial charge < -0.3 is 5.32 Å². The number of halogens is 1. The van der Waals surface area contributed by atoms with Gasteiger partial charge in [-0.3, -0.25) is 0 Å². The quantitative estimate of drug-likeness (QED) is 0.723. The maximum atomic E-state index is 13.5. The number of hydrogen-bond acceptors (Lipinski definition) is 1. The summed E-state index contributed by atoms with van der Waals surface area (Å²) >= 11 is 0. The van der Waals surface area contributed by atoms with E-state index in [0.717, 1.165) is 37.1 Å². The molecular formula is C12H16FN. The van der Waals surface area contributed by atoms with Crippen LogP contribution < -0.4 is 5.32 Å². The largest absolute Gasteiger partial charge is 0.316 e. The topological polar surface area (TPSA) is 12.0 Å². The van der Waals surface area contributed by atoms with Gasteiger partial charge in [0.05, 0.1) is 0 Å². The molecule has 0 amide bonds. The highest BCUT2D eigenvalue weighted by molar-refractivity contribution is 5.27. The SMILES string of the molecule is Cc1ccc(F)c([C@@H]2CCCNC2)c1. The minimum Gasteiger partial charge on any atom is -0.316 e. The minimum absolute atomic E-state index is 0.0516. The number of aryl methyl sites for hydroxylation is 1. The monoisotopic (exact) mass is 193 g/mol. The first-order valence-corrected chi connectivity index (χ1v) is 5.24. The fourth-order valence-electron chi connectivity index (χ4n) is 2.09. The molecule has 1 nitrogen and oxygen atoms in total. The molecule has 1 N–H and O–H groups in total. The van der Waals surface area contributed by atoms with Crippen LogP contribution in [0.15, 0.2) is 18.2 Å². The number of nitrogens with one attached hydrogen (secondary N) is 1. The zero-order chi connectivity index (χ0) is 9.97. The van der Waals surface area contributed by atoms with Crippen molar-refractivity contribution in [1.82, 2.24) is 5.32 Å². The standard InChI is InChI=1S/C12H16FN/c1-9-4-5-12(13)11(7-9)10-3-2-6-14-8-10/h4-5,7,10,14H,2-3,6,8H2,1H3/t10-/m1/s1. The zero-order valence-corrected chi connectivity index (χ0v) is 8.52. The van der Waals surface area contributed by atoms with Gasteiger partial charge in [-0.25, -0.2) is 4.39 Å². The molecular weight excluding hydrogens is 177 g/mol. The molecule has 1 aliphatic heterocycles. The summed E-state index contributed by atoms with van der Waals surface area (Å²) < 4.78 is 13.5. The molecule has 1 heterocycles. The van der Waals surface area contributed by atoms with Gasteiger partial charge in [0, 0.05) is 6.54 Å². The number of hydrogen-bond donors (Lipinski definition) is 1. The van der Waals surface area contributed by atoms with Crippen LogP contribution in [0.1, 0.15) is 29.9 Å². The van der Waals surface area contributed by atoms with Gasteiger partial charge >= 0.3 is 0 Å². The van der Waals surface area contributed by atoms with E-state index in [9.17, 15) is 4.39 Å². The maximum Gasteiger partial charge on any atom is 0.126 e. The summed E-state index contributed by atoms with van der Waals surface area (Å²) in [5, 5.41) is 3.31. The highest BCUT2D eigenvalue weighted by Crippen LogP contribution is 2.26. The minimum atomic E-state index is -0.0516. The molecule has 0 spiro atoms. The molecule has 76 valence electrons. The lowest BCUT2D eigenvalue weighted by Gasteiger charge is -2.23. The average molecular weight is 193 g/mol. The summed E-state index contributed by atoms with van der Waals surface area (Å²) in [5.74, 6) is 0.313. The lowest BCUT2D eigenvalue weighted by molar-refractivity contribution is 0.446. The molecule has 0 saturated carbocycles. The van der Waals surface area contributed by atoms with Gasteiger partial charge in [0.1, 0.15) is 5.82 Å². The predicted octanol–water partition coefficient (Wildman–Crippen LogP) is 2.60. The van der Waals surface area contributed by atoms with E-state index in [-0.39, 0.29) is 5.82 Å². The zero-order valence-electron chi connectivity index (χ0n) is 8.52. The molecule has 2 rings (SSSR count). The van der Waals surface area contributed by atoms with E-state index in [1.54, 1.807) is 6.07 Å².